The number of amides is 1. The van der Waals surface area contributed by atoms with Crippen molar-refractivity contribution >= 4 is 55.7 Å². The fourth-order valence-electron chi connectivity index (χ4n) is 5.40. The highest BCUT2D eigenvalue weighted by Crippen LogP contribution is 2.37. The van der Waals surface area contributed by atoms with Gasteiger partial charge >= 0.3 is 0 Å². The van der Waals surface area contributed by atoms with Crippen molar-refractivity contribution in [3.05, 3.63) is 66.4 Å². The minimum Gasteiger partial charge on any atom is -0.378 e. The second-order valence-corrected chi connectivity index (χ2v) is 11.5. The van der Waals surface area contributed by atoms with Crippen molar-refractivity contribution in [1.82, 2.24) is 24.8 Å². The van der Waals surface area contributed by atoms with E-state index in [0.717, 1.165) is 63.6 Å². The molecule has 10 heteroatoms. The first-order chi connectivity index (χ1) is 19.6. The van der Waals surface area contributed by atoms with E-state index >= 15 is 0 Å². The van der Waals surface area contributed by atoms with Gasteiger partial charge in [-0.05, 0) is 61.0 Å². The van der Waals surface area contributed by atoms with Gasteiger partial charge in [0.2, 0.25) is 5.95 Å². The zero-order chi connectivity index (χ0) is 27.1. The Bertz CT molecular complexity index is 1680. The Morgan fingerprint density at radius 3 is 2.67 bits per heavy atom. The van der Waals surface area contributed by atoms with Gasteiger partial charge in [-0.3, -0.25) is 4.79 Å². The van der Waals surface area contributed by atoms with Crippen LogP contribution in [0.15, 0.2) is 60.8 Å². The van der Waals surface area contributed by atoms with E-state index in [9.17, 15) is 4.79 Å². The van der Waals surface area contributed by atoms with Gasteiger partial charge in [0.25, 0.3) is 5.91 Å². The number of H-pyrrole nitrogens is 1. The number of benzene rings is 2. The van der Waals surface area contributed by atoms with Crippen LogP contribution in [0.25, 0.3) is 31.7 Å². The first-order valence-corrected chi connectivity index (χ1v) is 14.5. The highest BCUT2D eigenvalue weighted by atomic mass is 32.1. The number of carbonyl (C=O) groups excluding carboxylic acids is 1. The van der Waals surface area contributed by atoms with E-state index in [-0.39, 0.29) is 5.91 Å². The SMILES string of the molecule is CN1CCN(c2cccc(Nc3nc(-c4cc5cc(C(=O)N6CCOCC6)ccc5s4)c4cc[nH]c4n3)c2)CC1. The van der Waals surface area contributed by atoms with Crippen LogP contribution >= 0.6 is 11.3 Å². The summed E-state index contributed by atoms with van der Waals surface area (Å²) in [6.07, 6.45) is 1.90. The van der Waals surface area contributed by atoms with Crippen molar-refractivity contribution in [1.29, 1.82) is 0 Å². The van der Waals surface area contributed by atoms with Crippen LogP contribution in [0, 0.1) is 0 Å². The lowest BCUT2D eigenvalue weighted by atomic mass is 10.1. The maximum atomic E-state index is 13.1. The molecule has 2 aromatic carbocycles. The molecule has 7 rings (SSSR count). The summed E-state index contributed by atoms with van der Waals surface area (Å²) in [6, 6.07) is 18.5. The van der Waals surface area contributed by atoms with E-state index in [1.807, 2.05) is 41.4 Å². The summed E-state index contributed by atoms with van der Waals surface area (Å²) < 4.78 is 6.52. The van der Waals surface area contributed by atoms with Crippen LogP contribution < -0.4 is 10.2 Å². The number of fused-ring (bicyclic) bond motifs is 2. The van der Waals surface area contributed by atoms with E-state index in [0.29, 0.717) is 37.8 Å². The number of hydrogen-bond donors (Lipinski definition) is 2. The number of ether oxygens (including phenoxy) is 1. The number of morpholine rings is 1. The number of anilines is 3. The number of rotatable bonds is 5. The fourth-order valence-corrected chi connectivity index (χ4v) is 6.45. The number of aromatic nitrogens is 3. The van der Waals surface area contributed by atoms with E-state index in [1.165, 1.54) is 5.69 Å². The lowest BCUT2D eigenvalue weighted by Crippen LogP contribution is -2.44. The summed E-state index contributed by atoms with van der Waals surface area (Å²) in [6.45, 7) is 6.60. The summed E-state index contributed by atoms with van der Waals surface area (Å²) in [5, 5.41) is 5.45. The molecule has 40 heavy (non-hydrogen) atoms. The van der Waals surface area contributed by atoms with Crippen molar-refractivity contribution < 1.29 is 9.53 Å². The number of nitrogens with zero attached hydrogens (tertiary/aromatic N) is 5. The molecule has 5 aromatic rings. The van der Waals surface area contributed by atoms with Crippen LogP contribution in [0.2, 0.25) is 0 Å². The van der Waals surface area contributed by atoms with Gasteiger partial charge in [-0.25, -0.2) is 4.98 Å². The van der Waals surface area contributed by atoms with Gasteiger partial charge in [0.05, 0.1) is 23.8 Å². The summed E-state index contributed by atoms with van der Waals surface area (Å²) in [5.74, 6) is 0.597. The number of likely N-dealkylation sites (N-methyl/N-ethyl adjacent to an activating group) is 1. The number of thiophene rings is 1. The number of piperazine rings is 1. The molecule has 2 aliphatic rings. The standard InChI is InChI=1S/C30H31N7O2S/c1-35-9-11-36(12-10-35)23-4-2-3-22(19-23)32-30-33-27(24-7-8-31-28(24)34-30)26-18-21-17-20(5-6-25(21)40-26)29(38)37-13-15-39-16-14-37/h2-8,17-19H,9-16H2,1H3,(H2,31,32,33,34). The van der Waals surface area contributed by atoms with Gasteiger partial charge in [0.1, 0.15) is 5.65 Å². The molecule has 3 aromatic heterocycles. The Kier molecular flexibility index (Phi) is 6.58. The third-order valence-corrected chi connectivity index (χ3v) is 8.80. The third-order valence-electron chi connectivity index (χ3n) is 7.68. The van der Waals surface area contributed by atoms with E-state index in [1.54, 1.807) is 11.3 Å². The Balaban J connectivity index is 1.19. The molecule has 0 bridgehead atoms. The maximum absolute atomic E-state index is 13.1. The third kappa shape index (κ3) is 4.90. The van der Waals surface area contributed by atoms with Crippen LogP contribution in [0.3, 0.4) is 0 Å². The van der Waals surface area contributed by atoms with Gasteiger partial charge < -0.3 is 29.7 Å². The predicted octanol–water partition coefficient (Wildman–Crippen LogP) is 4.81. The van der Waals surface area contributed by atoms with Crippen LogP contribution in [0.5, 0.6) is 0 Å². The molecule has 1 amide bonds. The van der Waals surface area contributed by atoms with E-state index in [2.05, 4.69) is 51.4 Å². The lowest BCUT2D eigenvalue weighted by Gasteiger charge is -2.34. The molecule has 0 saturated carbocycles. The lowest BCUT2D eigenvalue weighted by molar-refractivity contribution is 0.0303. The number of carbonyl (C=O) groups is 1. The van der Waals surface area contributed by atoms with Crippen LogP contribution in [-0.2, 0) is 4.74 Å². The molecule has 0 spiro atoms. The zero-order valence-corrected chi connectivity index (χ0v) is 23.2. The molecule has 2 N–H and O–H groups in total. The van der Waals surface area contributed by atoms with Gasteiger partial charge in [0.15, 0.2) is 0 Å². The molecule has 0 atom stereocenters. The molecule has 0 unspecified atom stereocenters. The smallest absolute Gasteiger partial charge is 0.254 e. The molecule has 5 heterocycles. The van der Waals surface area contributed by atoms with Crippen molar-refractivity contribution in [3.8, 4) is 10.6 Å². The minimum atomic E-state index is 0.0540. The van der Waals surface area contributed by atoms with Gasteiger partial charge in [-0.15, -0.1) is 11.3 Å². The molecule has 9 nitrogen and oxygen atoms in total. The van der Waals surface area contributed by atoms with Gasteiger partial charge in [0, 0.05) is 72.5 Å². The van der Waals surface area contributed by atoms with Crippen molar-refractivity contribution in [2.45, 2.75) is 0 Å². The second kappa shape index (κ2) is 10.5. The normalized spacial score (nSPS) is 16.6. The molecular formula is C30H31N7O2S. The average Bonchev–Trinajstić information content (AvgIpc) is 3.64. The van der Waals surface area contributed by atoms with Crippen LogP contribution in [-0.4, -0.2) is 90.2 Å². The molecule has 0 aliphatic carbocycles. The summed E-state index contributed by atoms with van der Waals surface area (Å²) in [4.78, 5) is 33.7. The van der Waals surface area contributed by atoms with E-state index < -0.39 is 0 Å². The zero-order valence-electron chi connectivity index (χ0n) is 22.4. The summed E-state index contributed by atoms with van der Waals surface area (Å²) in [7, 11) is 2.17. The molecule has 2 fully saturated rings. The first kappa shape index (κ1) is 25.0. The van der Waals surface area contributed by atoms with Crippen molar-refractivity contribution in [2.24, 2.45) is 0 Å². The monoisotopic (exact) mass is 553 g/mol. The van der Waals surface area contributed by atoms with E-state index in [4.69, 9.17) is 14.7 Å². The molecule has 0 radical (unpaired) electrons. The molecule has 204 valence electrons. The fraction of sp³-hybridized carbons (Fsp3) is 0.300. The average molecular weight is 554 g/mol. The van der Waals surface area contributed by atoms with Gasteiger partial charge in [-0.2, -0.15) is 4.98 Å². The highest BCUT2D eigenvalue weighted by Gasteiger charge is 2.20. The number of aromatic amines is 1. The molecular weight excluding hydrogens is 522 g/mol. The Labute approximate surface area is 236 Å². The number of nitrogens with one attached hydrogen (secondary N) is 2. The highest BCUT2D eigenvalue weighted by molar-refractivity contribution is 7.22. The maximum Gasteiger partial charge on any atom is 0.254 e. The van der Waals surface area contributed by atoms with Crippen molar-refractivity contribution in [3.63, 3.8) is 0 Å². The quantitative estimate of drug-likeness (QED) is 0.323. The minimum absolute atomic E-state index is 0.0540. The Hall–Kier alpha value is -3.99. The predicted molar refractivity (Wildman–Crippen MR) is 161 cm³/mol. The van der Waals surface area contributed by atoms with Crippen molar-refractivity contribution in [2.75, 3.05) is 69.7 Å². The molecule has 2 aliphatic heterocycles. The van der Waals surface area contributed by atoms with Gasteiger partial charge in [-0.1, -0.05) is 6.07 Å². The largest absolute Gasteiger partial charge is 0.378 e. The molecule has 2 saturated heterocycles. The Morgan fingerprint density at radius 2 is 1.82 bits per heavy atom. The summed E-state index contributed by atoms with van der Waals surface area (Å²) in [5.41, 5.74) is 4.51. The second-order valence-electron chi connectivity index (χ2n) is 10.4. The summed E-state index contributed by atoms with van der Waals surface area (Å²) >= 11 is 1.67. The van der Waals surface area contributed by atoms with Crippen LogP contribution in [0.4, 0.5) is 17.3 Å². The first-order valence-electron chi connectivity index (χ1n) is 13.7. The topological polar surface area (TPSA) is 89.6 Å². The van der Waals surface area contributed by atoms with Crippen LogP contribution in [0.1, 0.15) is 10.4 Å². The number of hydrogen-bond acceptors (Lipinski definition) is 8. The Morgan fingerprint density at radius 1 is 0.975 bits per heavy atom.